The van der Waals surface area contributed by atoms with Crippen LogP contribution in [0, 0.1) is 0 Å². The zero-order valence-corrected chi connectivity index (χ0v) is 13.0. The van der Waals surface area contributed by atoms with Crippen LogP contribution in [-0.4, -0.2) is 19.5 Å². The average Bonchev–Trinajstić information content (AvgIpc) is 2.40. The van der Waals surface area contributed by atoms with Crippen LogP contribution in [0.15, 0.2) is 51.8 Å². The van der Waals surface area contributed by atoms with Gasteiger partial charge in [-0.05, 0) is 46.3 Å². The van der Waals surface area contributed by atoms with Gasteiger partial charge in [0.15, 0.2) is 0 Å². The number of aromatic carboxylic acids is 1. The molecule has 0 saturated heterocycles. The Morgan fingerprint density at radius 1 is 1.19 bits per heavy atom. The average molecular weight is 371 g/mol. The lowest BCUT2D eigenvalue weighted by molar-refractivity contribution is 0.0696. The maximum absolute atomic E-state index is 12.3. The lowest BCUT2D eigenvalue weighted by Gasteiger charge is -2.11. The number of carbonyl (C=O) groups is 1. The molecule has 0 aliphatic rings. The Bertz CT molecular complexity index is 806. The van der Waals surface area contributed by atoms with Gasteiger partial charge in [0.05, 0.1) is 16.9 Å². The minimum absolute atomic E-state index is 0.0138. The molecule has 0 bridgehead atoms. The Labute approximate surface area is 129 Å². The Morgan fingerprint density at radius 2 is 1.86 bits per heavy atom. The molecular weight excluding hydrogens is 360 g/mol. The fourth-order valence-electron chi connectivity index (χ4n) is 1.64. The van der Waals surface area contributed by atoms with E-state index in [1.54, 1.807) is 18.2 Å². The lowest BCUT2D eigenvalue weighted by atomic mass is 10.2. The number of hydrogen-bond donors (Lipinski definition) is 3. The zero-order valence-electron chi connectivity index (χ0n) is 10.6. The number of sulfonamides is 1. The van der Waals surface area contributed by atoms with Crippen LogP contribution >= 0.6 is 15.9 Å². The van der Waals surface area contributed by atoms with Crippen LogP contribution in [0.3, 0.4) is 0 Å². The molecule has 2 rings (SSSR count). The van der Waals surface area contributed by atoms with Gasteiger partial charge in [0.2, 0.25) is 0 Å². The number of carboxylic acid groups (broad SMARTS) is 1. The molecule has 0 aromatic heterocycles. The highest BCUT2D eigenvalue weighted by Gasteiger charge is 2.20. The van der Waals surface area contributed by atoms with Crippen molar-refractivity contribution in [2.45, 2.75) is 4.90 Å². The topological polar surface area (TPSA) is 109 Å². The van der Waals surface area contributed by atoms with Crippen LogP contribution < -0.4 is 10.5 Å². The summed E-state index contributed by atoms with van der Waals surface area (Å²) in [4.78, 5) is 10.8. The van der Waals surface area contributed by atoms with Gasteiger partial charge in [0, 0.05) is 4.47 Å². The number of nitrogen functional groups attached to an aromatic ring is 1. The summed E-state index contributed by atoms with van der Waals surface area (Å²) in [6.07, 6.45) is 0. The third kappa shape index (κ3) is 3.34. The molecule has 110 valence electrons. The molecule has 0 spiro atoms. The maximum Gasteiger partial charge on any atom is 0.335 e. The third-order valence-corrected chi connectivity index (χ3v) is 5.02. The standard InChI is InChI=1S/C13H11BrN2O4S/c14-9-7-8(13(17)18)5-6-12(9)21(19,20)16-11-4-2-1-3-10(11)15/h1-7,16H,15H2,(H,17,18). The number of rotatable bonds is 4. The van der Waals surface area contributed by atoms with Crippen molar-refractivity contribution in [2.75, 3.05) is 10.5 Å². The van der Waals surface area contributed by atoms with E-state index in [-0.39, 0.29) is 20.6 Å². The summed E-state index contributed by atoms with van der Waals surface area (Å²) in [5, 5.41) is 8.87. The summed E-state index contributed by atoms with van der Waals surface area (Å²) >= 11 is 3.07. The second-order valence-electron chi connectivity index (χ2n) is 4.14. The van der Waals surface area contributed by atoms with Gasteiger partial charge in [0.1, 0.15) is 4.90 Å². The van der Waals surface area contributed by atoms with Crippen LogP contribution in [-0.2, 0) is 10.0 Å². The second kappa shape index (κ2) is 5.74. The molecule has 2 aromatic rings. The summed E-state index contributed by atoms with van der Waals surface area (Å²) in [6.45, 7) is 0. The SMILES string of the molecule is Nc1ccccc1NS(=O)(=O)c1ccc(C(=O)O)cc1Br. The van der Waals surface area contributed by atoms with E-state index in [0.29, 0.717) is 5.69 Å². The summed E-state index contributed by atoms with van der Waals surface area (Å²) < 4.78 is 27.1. The Kier molecular flexibility index (Phi) is 4.19. The normalized spacial score (nSPS) is 11.1. The van der Waals surface area contributed by atoms with E-state index in [1.165, 1.54) is 24.3 Å². The van der Waals surface area contributed by atoms with Crippen molar-refractivity contribution in [3.05, 3.63) is 52.5 Å². The van der Waals surface area contributed by atoms with E-state index in [1.807, 2.05) is 0 Å². The Morgan fingerprint density at radius 3 is 2.43 bits per heavy atom. The van der Waals surface area contributed by atoms with Crippen molar-refractivity contribution in [1.29, 1.82) is 0 Å². The number of benzene rings is 2. The molecule has 0 amide bonds. The van der Waals surface area contributed by atoms with Gasteiger partial charge in [-0.15, -0.1) is 0 Å². The first kappa shape index (κ1) is 15.3. The first-order valence-electron chi connectivity index (χ1n) is 5.71. The van der Waals surface area contributed by atoms with Crippen LogP contribution in [0.2, 0.25) is 0 Å². The molecule has 2 aromatic carbocycles. The molecule has 8 heteroatoms. The van der Waals surface area contributed by atoms with E-state index < -0.39 is 16.0 Å². The smallest absolute Gasteiger partial charge is 0.335 e. The number of carboxylic acids is 1. The molecule has 0 aliphatic heterocycles. The van der Waals surface area contributed by atoms with Crippen molar-refractivity contribution in [2.24, 2.45) is 0 Å². The highest BCUT2D eigenvalue weighted by Crippen LogP contribution is 2.27. The van der Waals surface area contributed by atoms with Gasteiger partial charge >= 0.3 is 5.97 Å². The van der Waals surface area contributed by atoms with Crippen LogP contribution in [0.1, 0.15) is 10.4 Å². The van der Waals surface area contributed by atoms with Gasteiger partial charge < -0.3 is 10.8 Å². The first-order chi connectivity index (χ1) is 9.81. The predicted octanol–water partition coefficient (Wildman–Crippen LogP) is 2.53. The molecule has 0 unspecified atom stereocenters. The molecule has 0 radical (unpaired) electrons. The quantitative estimate of drug-likeness (QED) is 0.716. The molecule has 0 aliphatic carbocycles. The highest BCUT2D eigenvalue weighted by molar-refractivity contribution is 9.10. The summed E-state index contributed by atoms with van der Waals surface area (Å²) in [5.41, 5.74) is 6.22. The monoisotopic (exact) mass is 370 g/mol. The van der Waals surface area contributed by atoms with Crippen molar-refractivity contribution in [1.82, 2.24) is 0 Å². The number of nitrogens with one attached hydrogen (secondary N) is 1. The Balaban J connectivity index is 2.41. The molecule has 4 N–H and O–H groups in total. The van der Waals surface area contributed by atoms with Crippen molar-refractivity contribution in [3.63, 3.8) is 0 Å². The molecule has 0 fully saturated rings. The van der Waals surface area contributed by atoms with Gasteiger partial charge in [-0.1, -0.05) is 12.1 Å². The van der Waals surface area contributed by atoms with E-state index >= 15 is 0 Å². The fourth-order valence-corrected chi connectivity index (χ4v) is 3.81. The van der Waals surface area contributed by atoms with E-state index in [9.17, 15) is 13.2 Å². The number of nitrogens with two attached hydrogens (primary N) is 1. The number of para-hydroxylation sites is 2. The van der Waals surface area contributed by atoms with Gasteiger partial charge in [-0.2, -0.15) is 0 Å². The van der Waals surface area contributed by atoms with E-state index in [2.05, 4.69) is 20.7 Å². The van der Waals surface area contributed by atoms with Crippen molar-refractivity contribution >= 4 is 43.3 Å². The minimum atomic E-state index is -3.88. The van der Waals surface area contributed by atoms with E-state index in [0.717, 1.165) is 0 Å². The van der Waals surface area contributed by atoms with Gasteiger partial charge in [-0.3, -0.25) is 4.72 Å². The van der Waals surface area contributed by atoms with Crippen LogP contribution in [0.4, 0.5) is 11.4 Å². The number of halogens is 1. The highest BCUT2D eigenvalue weighted by atomic mass is 79.9. The molecule has 0 heterocycles. The second-order valence-corrected chi connectivity index (χ2v) is 6.65. The summed E-state index contributed by atoms with van der Waals surface area (Å²) in [5.74, 6) is -1.14. The summed E-state index contributed by atoms with van der Waals surface area (Å²) in [7, 11) is -3.88. The summed E-state index contributed by atoms with van der Waals surface area (Å²) in [6, 6.07) is 10.1. The zero-order chi connectivity index (χ0) is 15.6. The molecule has 21 heavy (non-hydrogen) atoms. The van der Waals surface area contributed by atoms with Crippen molar-refractivity contribution in [3.8, 4) is 0 Å². The van der Waals surface area contributed by atoms with Crippen molar-refractivity contribution < 1.29 is 18.3 Å². The molecule has 0 saturated carbocycles. The third-order valence-electron chi connectivity index (χ3n) is 2.67. The largest absolute Gasteiger partial charge is 0.478 e. The van der Waals surface area contributed by atoms with Crippen LogP contribution in [0.25, 0.3) is 0 Å². The number of hydrogen-bond acceptors (Lipinski definition) is 4. The lowest BCUT2D eigenvalue weighted by Crippen LogP contribution is -2.15. The molecule has 6 nitrogen and oxygen atoms in total. The van der Waals surface area contributed by atoms with Crippen LogP contribution in [0.5, 0.6) is 0 Å². The minimum Gasteiger partial charge on any atom is -0.478 e. The van der Waals surface area contributed by atoms with Gasteiger partial charge in [0.25, 0.3) is 10.0 Å². The van der Waals surface area contributed by atoms with E-state index in [4.69, 9.17) is 10.8 Å². The predicted molar refractivity (Wildman–Crippen MR) is 82.8 cm³/mol. The molecule has 0 atom stereocenters. The fraction of sp³-hybridized carbons (Fsp3) is 0. The van der Waals surface area contributed by atoms with Gasteiger partial charge in [-0.25, -0.2) is 13.2 Å². The Hall–Kier alpha value is -2.06. The molecular formula is C13H11BrN2O4S. The number of anilines is 2. The first-order valence-corrected chi connectivity index (χ1v) is 7.99. The maximum atomic E-state index is 12.3.